The van der Waals surface area contributed by atoms with E-state index in [2.05, 4.69) is 12.2 Å². The van der Waals surface area contributed by atoms with Gasteiger partial charge in [-0.3, -0.25) is 4.79 Å². The highest BCUT2D eigenvalue weighted by Gasteiger charge is 2.13. The SMILES string of the molecule is CCCN1CCCNCC1=O. The maximum atomic E-state index is 11.3. The number of rotatable bonds is 2. The lowest BCUT2D eigenvalue weighted by atomic mass is 10.3. The topological polar surface area (TPSA) is 32.3 Å². The Kier molecular flexibility index (Phi) is 3.36. The van der Waals surface area contributed by atoms with Gasteiger partial charge in [-0.2, -0.15) is 0 Å². The highest BCUT2D eigenvalue weighted by Crippen LogP contribution is 1.97. The van der Waals surface area contributed by atoms with Gasteiger partial charge in [0, 0.05) is 13.1 Å². The molecule has 1 rings (SSSR count). The fourth-order valence-electron chi connectivity index (χ4n) is 1.33. The Balaban J connectivity index is 2.39. The quantitative estimate of drug-likeness (QED) is 0.620. The average molecular weight is 156 g/mol. The number of carbonyl (C=O) groups excluding carboxylic acids is 1. The number of hydrogen-bond donors (Lipinski definition) is 1. The lowest BCUT2D eigenvalue weighted by molar-refractivity contribution is -0.129. The zero-order valence-electron chi connectivity index (χ0n) is 7.10. The van der Waals surface area contributed by atoms with Crippen molar-refractivity contribution in [3.63, 3.8) is 0 Å². The Hall–Kier alpha value is -0.570. The number of carbonyl (C=O) groups is 1. The van der Waals surface area contributed by atoms with Crippen LogP contribution in [0.4, 0.5) is 0 Å². The Bertz CT molecular complexity index is 136. The minimum Gasteiger partial charge on any atom is -0.342 e. The summed E-state index contributed by atoms with van der Waals surface area (Å²) in [6, 6.07) is 0. The smallest absolute Gasteiger partial charge is 0.236 e. The van der Waals surface area contributed by atoms with Gasteiger partial charge < -0.3 is 10.2 Å². The van der Waals surface area contributed by atoms with Crippen molar-refractivity contribution in [1.29, 1.82) is 0 Å². The van der Waals surface area contributed by atoms with E-state index < -0.39 is 0 Å². The van der Waals surface area contributed by atoms with Crippen molar-refractivity contribution < 1.29 is 4.79 Å². The van der Waals surface area contributed by atoms with Crippen molar-refractivity contribution in [3.8, 4) is 0 Å². The minimum atomic E-state index is 0.254. The Morgan fingerprint density at radius 3 is 3.18 bits per heavy atom. The predicted octanol–water partition coefficient (Wildman–Crippen LogP) is 0.218. The van der Waals surface area contributed by atoms with Crippen LogP contribution in [0.5, 0.6) is 0 Å². The van der Waals surface area contributed by atoms with E-state index in [1.165, 1.54) is 0 Å². The van der Waals surface area contributed by atoms with Crippen LogP contribution in [0, 0.1) is 0 Å². The largest absolute Gasteiger partial charge is 0.342 e. The number of hydrogen-bond acceptors (Lipinski definition) is 2. The molecule has 1 N–H and O–H groups in total. The molecule has 1 amide bonds. The first kappa shape index (κ1) is 8.53. The molecule has 11 heavy (non-hydrogen) atoms. The van der Waals surface area contributed by atoms with Crippen LogP contribution < -0.4 is 5.32 Å². The summed E-state index contributed by atoms with van der Waals surface area (Å²) in [5, 5.41) is 3.09. The zero-order valence-corrected chi connectivity index (χ0v) is 7.10. The second-order valence-electron chi connectivity index (χ2n) is 2.91. The molecule has 0 bridgehead atoms. The van der Waals surface area contributed by atoms with E-state index in [-0.39, 0.29) is 5.91 Å². The van der Waals surface area contributed by atoms with Crippen LogP contribution in [-0.4, -0.2) is 37.0 Å². The summed E-state index contributed by atoms with van der Waals surface area (Å²) in [6.45, 7) is 5.46. The first-order chi connectivity index (χ1) is 5.34. The summed E-state index contributed by atoms with van der Waals surface area (Å²) in [5.74, 6) is 0.254. The fraction of sp³-hybridized carbons (Fsp3) is 0.875. The van der Waals surface area contributed by atoms with Crippen LogP contribution in [0.25, 0.3) is 0 Å². The monoisotopic (exact) mass is 156 g/mol. The van der Waals surface area contributed by atoms with Gasteiger partial charge in [-0.1, -0.05) is 6.92 Å². The van der Waals surface area contributed by atoms with Crippen LogP contribution >= 0.6 is 0 Å². The third-order valence-corrected chi connectivity index (χ3v) is 1.90. The molecule has 1 saturated heterocycles. The van der Waals surface area contributed by atoms with Crippen LogP contribution in [0.1, 0.15) is 19.8 Å². The molecule has 0 atom stereocenters. The first-order valence-electron chi connectivity index (χ1n) is 4.33. The molecule has 0 spiro atoms. The van der Waals surface area contributed by atoms with Crippen LogP contribution in [-0.2, 0) is 4.79 Å². The highest BCUT2D eigenvalue weighted by atomic mass is 16.2. The molecule has 0 aromatic rings. The van der Waals surface area contributed by atoms with Crippen molar-refractivity contribution >= 4 is 5.91 Å². The molecule has 3 heteroatoms. The fourth-order valence-corrected chi connectivity index (χ4v) is 1.33. The van der Waals surface area contributed by atoms with Gasteiger partial charge in [0.1, 0.15) is 0 Å². The van der Waals surface area contributed by atoms with Gasteiger partial charge in [0.2, 0.25) is 5.91 Å². The maximum absolute atomic E-state index is 11.3. The zero-order chi connectivity index (χ0) is 8.10. The standard InChI is InChI=1S/C8H16N2O/c1-2-5-10-6-3-4-9-7-8(10)11/h9H,2-7H2,1H3. The van der Waals surface area contributed by atoms with Crippen molar-refractivity contribution in [1.82, 2.24) is 10.2 Å². The van der Waals surface area contributed by atoms with Crippen molar-refractivity contribution in [2.75, 3.05) is 26.2 Å². The second-order valence-corrected chi connectivity index (χ2v) is 2.91. The lowest BCUT2D eigenvalue weighted by Crippen LogP contribution is -2.35. The minimum absolute atomic E-state index is 0.254. The molecule has 1 fully saturated rings. The average Bonchev–Trinajstić information content (AvgIpc) is 2.18. The first-order valence-corrected chi connectivity index (χ1v) is 4.33. The van der Waals surface area contributed by atoms with Crippen molar-refractivity contribution in [2.24, 2.45) is 0 Å². The third kappa shape index (κ3) is 2.50. The summed E-state index contributed by atoms with van der Waals surface area (Å²) in [6.07, 6.45) is 2.15. The third-order valence-electron chi connectivity index (χ3n) is 1.90. The van der Waals surface area contributed by atoms with Gasteiger partial charge in [0.15, 0.2) is 0 Å². The number of amides is 1. The lowest BCUT2D eigenvalue weighted by Gasteiger charge is -2.18. The summed E-state index contributed by atoms with van der Waals surface area (Å²) in [5.41, 5.74) is 0. The molecule has 1 aliphatic rings. The predicted molar refractivity (Wildman–Crippen MR) is 44.4 cm³/mol. The second kappa shape index (κ2) is 4.34. The molecule has 0 radical (unpaired) electrons. The van der Waals surface area contributed by atoms with Gasteiger partial charge in [-0.15, -0.1) is 0 Å². The molecule has 1 heterocycles. The van der Waals surface area contributed by atoms with E-state index in [0.29, 0.717) is 6.54 Å². The summed E-state index contributed by atoms with van der Waals surface area (Å²) in [4.78, 5) is 13.2. The van der Waals surface area contributed by atoms with E-state index in [4.69, 9.17) is 0 Å². The molecule has 0 unspecified atom stereocenters. The van der Waals surface area contributed by atoms with Gasteiger partial charge in [-0.25, -0.2) is 0 Å². The Morgan fingerprint density at radius 1 is 1.64 bits per heavy atom. The Morgan fingerprint density at radius 2 is 2.45 bits per heavy atom. The van der Waals surface area contributed by atoms with Gasteiger partial charge in [0.25, 0.3) is 0 Å². The molecule has 0 aliphatic carbocycles. The summed E-state index contributed by atoms with van der Waals surface area (Å²) in [7, 11) is 0. The van der Waals surface area contributed by atoms with Gasteiger partial charge in [-0.05, 0) is 19.4 Å². The molecule has 0 aromatic carbocycles. The van der Waals surface area contributed by atoms with Gasteiger partial charge in [0.05, 0.1) is 6.54 Å². The van der Waals surface area contributed by atoms with E-state index in [9.17, 15) is 4.79 Å². The number of nitrogens with one attached hydrogen (secondary N) is 1. The molecule has 0 aromatic heterocycles. The van der Waals surface area contributed by atoms with Crippen LogP contribution in [0.3, 0.4) is 0 Å². The van der Waals surface area contributed by atoms with Crippen molar-refractivity contribution in [2.45, 2.75) is 19.8 Å². The molecular weight excluding hydrogens is 140 g/mol. The molecule has 64 valence electrons. The molecule has 1 aliphatic heterocycles. The molecular formula is C8H16N2O. The van der Waals surface area contributed by atoms with E-state index >= 15 is 0 Å². The molecule has 0 saturated carbocycles. The maximum Gasteiger partial charge on any atom is 0.236 e. The van der Waals surface area contributed by atoms with E-state index in [1.807, 2.05) is 4.90 Å². The van der Waals surface area contributed by atoms with E-state index in [0.717, 1.165) is 32.5 Å². The normalized spacial score (nSPS) is 20.1. The van der Waals surface area contributed by atoms with Crippen LogP contribution in [0.15, 0.2) is 0 Å². The van der Waals surface area contributed by atoms with Gasteiger partial charge >= 0.3 is 0 Å². The van der Waals surface area contributed by atoms with E-state index in [1.54, 1.807) is 0 Å². The Labute approximate surface area is 67.8 Å². The summed E-state index contributed by atoms with van der Waals surface area (Å²) >= 11 is 0. The van der Waals surface area contributed by atoms with Crippen LogP contribution in [0.2, 0.25) is 0 Å². The van der Waals surface area contributed by atoms with Crippen molar-refractivity contribution in [3.05, 3.63) is 0 Å². The summed E-state index contributed by atoms with van der Waals surface area (Å²) < 4.78 is 0. The highest BCUT2D eigenvalue weighted by molar-refractivity contribution is 5.78. The number of nitrogens with zero attached hydrogens (tertiary/aromatic N) is 1. The molecule has 3 nitrogen and oxygen atoms in total.